The Morgan fingerprint density at radius 3 is 2.25 bits per heavy atom. The van der Waals surface area contributed by atoms with Gasteiger partial charge in [0.15, 0.2) is 0 Å². The maximum atomic E-state index is 12.7. The summed E-state index contributed by atoms with van der Waals surface area (Å²) in [5.41, 5.74) is 2.75. The molecule has 0 saturated carbocycles. The largest absolute Gasteiger partial charge is 0.496 e. The van der Waals surface area contributed by atoms with Crippen LogP contribution in [0.3, 0.4) is 0 Å². The number of benzene rings is 3. The summed E-state index contributed by atoms with van der Waals surface area (Å²) >= 11 is 0. The number of ether oxygens (including phenoxy) is 2. The van der Waals surface area contributed by atoms with Gasteiger partial charge in [0.1, 0.15) is 11.4 Å². The number of hydrogen-bond acceptors (Lipinski definition) is 4. The highest BCUT2D eigenvalue weighted by Gasteiger charge is 2.44. The molecule has 4 rings (SSSR count). The Kier molecular flexibility index (Phi) is 7.26. The van der Waals surface area contributed by atoms with Gasteiger partial charge in [0.2, 0.25) is 0 Å². The second-order valence-corrected chi connectivity index (χ2v) is 8.39. The highest BCUT2D eigenvalue weighted by molar-refractivity contribution is 5.49. The molecular formula is C28H33NO3. The molecule has 1 aliphatic rings. The van der Waals surface area contributed by atoms with Crippen molar-refractivity contribution < 1.29 is 14.6 Å². The molecule has 1 N–H and O–H groups in total. The van der Waals surface area contributed by atoms with Crippen LogP contribution in [0.4, 0.5) is 0 Å². The molecule has 0 amide bonds. The molecule has 0 aromatic heterocycles. The summed E-state index contributed by atoms with van der Waals surface area (Å²) in [7, 11) is 1.67. The fourth-order valence-corrected chi connectivity index (χ4v) is 4.70. The lowest BCUT2D eigenvalue weighted by molar-refractivity contribution is -0.000140. The van der Waals surface area contributed by atoms with E-state index >= 15 is 0 Å². The fourth-order valence-electron chi connectivity index (χ4n) is 4.70. The molecule has 2 atom stereocenters. The molecule has 0 unspecified atom stereocenters. The third-order valence-electron chi connectivity index (χ3n) is 6.57. The predicted octanol–water partition coefficient (Wildman–Crippen LogP) is 4.61. The van der Waals surface area contributed by atoms with Crippen LogP contribution in [-0.2, 0) is 16.8 Å². The van der Waals surface area contributed by atoms with Crippen molar-refractivity contribution in [2.24, 2.45) is 0 Å². The summed E-state index contributed by atoms with van der Waals surface area (Å²) in [5.74, 6) is 0.503. The Hall–Kier alpha value is -2.66. The molecule has 4 heteroatoms. The Balaban J connectivity index is 1.89. The topological polar surface area (TPSA) is 41.9 Å². The summed E-state index contributed by atoms with van der Waals surface area (Å²) in [4.78, 5) is 2.39. The van der Waals surface area contributed by atoms with Gasteiger partial charge in [0.05, 0.1) is 20.3 Å². The molecule has 0 aliphatic carbocycles. The van der Waals surface area contributed by atoms with E-state index in [4.69, 9.17) is 9.47 Å². The zero-order valence-electron chi connectivity index (χ0n) is 19.0. The van der Waals surface area contributed by atoms with Crippen molar-refractivity contribution in [1.82, 2.24) is 4.90 Å². The Bertz CT molecular complexity index is 983. The molecule has 1 aliphatic heterocycles. The van der Waals surface area contributed by atoms with Gasteiger partial charge in [-0.1, -0.05) is 79.7 Å². The molecular weight excluding hydrogens is 398 g/mol. The van der Waals surface area contributed by atoms with Crippen molar-refractivity contribution in [3.8, 4) is 5.75 Å². The summed E-state index contributed by atoms with van der Waals surface area (Å²) in [6.45, 7) is 6.03. The van der Waals surface area contributed by atoms with Gasteiger partial charge in [-0.05, 0) is 29.2 Å². The highest BCUT2D eigenvalue weighted by atomic mass is 16.5. The lowest BCUT2D eigenvalue weighted by Crippen LogP contribution is -2.45. The number of para-hydroxylation sites is 1. The molecule has 0 spiro atoms. The van der Waals surface area contributed by atoms with E-state index in [0.717, 1.165) is 56.0 Å². The number of morpholine rings is 1. The third-order valence-corrected chi connectivity index (χ3v) is 6.57. The van der Waals surface area contributed by atoms with Crippen molar-refractivity contribution in [2.45, 2.75) is 24.9 Å². The van der Waals surface area contributed by atoms with Crippen LogP contribution in [0, 0.1) is 0 Å². The number of nitrogens with zero attached hydrogens (tertiary/aromatic N) is 1. The first-order chi connectivity index (χ1) is 15.7. The monoisotopic (exact) mass is 431 g/mol. The van der Waals surface area contributed by atoms with Crippen LogP contribution in [0.2, 0.25) is 0 Å². The highest BCUT2D eigenvalue weighted by Crippen LogP contribution is 2.46. The van der Waals surface area contributed by atoms with Gasteiger partial charge in [0.25, 0.3) is 0 Å². The zero-order chi connectivity index (χ0) is 22.4. The van der Waals surface area contributed by atoms with E-state index in [1.807, 2.05) is 42.5 Å². The van der Waals surface area contributed by atoms with Crippen LogP contribution in [0.1, 0.15) is 35.1 Å². The predicted molar refractivity (Wildman–Crippen MR) is 128 cm³/mol. The fraction of sp³-hybridized carbons (Fsp3) is 0.357. The standard InChI is InChI=1S/C28H33NO3/c1-3-22-13-15-24(16-14-22)28(30,25-11-7-8-12-27(25)31-2)26(23-9-5-4-6-10-23)21-29-17-19-32-20-18-29/h4-16,26,30H,3,17-21H2,1-2H3/t26-,28-/m0/s1. The van der Waals surface area contributed by atoms with E-state index in [2.05, 4.69) is 48.2 Å². The molecule has 3 aromatic rings. The SMILES string of the molecule is CCc1ccc([C@](O)(c2ccccc2OC)[C@@H](CN2CCOCC2)c2ccccc2)cc1. The van der Waals surface area contributed by atoms with E-state index in [1.165, 1.54) is 5.56 Å². The number of methoxy groups -OCH3 is 1. The van der Waals surface area contributed by atoms with Gasteiger partial charge in [-0.2, -0.15) is 0 Å². The number of aliphatic hydroxyl groups is 1. The molecule has 32 heavy (non-hydrogen) atoms. The van der Waals surface area contributed by atoms with Gasteiger partial charge >= 0.3 is 0 Å². The molecule has 4 nitrogen and oxygen atoms in total. The zero-order valence-corrected chi connectivity index (χ0v) is 19.0. The van der Waals surface area contributed by atoms with Gasteiger partial charge in [-0.25, -0.2) is 0 Å². The molecule has 0 bridgehead atoms. The molecule has 1 heterocycles. The van der Waals surface area contributed by atoms with Crippen molar-refractivity contribution >= 4 is 0 Å². The minimum absolute atomic E-state index is 0.189. The van der Waals surface area contributed by atoms with E-state index in [9.17, 15) is 5.11 Å². The van der Waals surface area contributed by atoms with Crippen molar-refractivity contribution in [1.29, 1.82) is 0 Å². The van der Waals surface area contributed by atoms with Gasteiger partial charge in [-0.3, -0.25) is 4.90 Å². The lowest BCUT2D eigenvalue weighted by atomic mass is 9.72. The minimum Gasteiger partial charge on any atom is -0.496 e. The lowest BCUT2D eigenvalue weighted by Gasteiger charge is -2.41. The first-order valence-corrected chi connectivity index (χ1v) is 11.5. The normalized spacial score (nSPS) is 17.5. The molecule has 1 fully saturated rings. The van der Waals surface area contributed by atoms with Gasteiger partial charge in [-0.15, -0.1) is 0 Å². The number of aryl methyl sites for hydroxylation is 1. The van der Waals surface area contributed by atoms with Crippen LogP contribution in [0.5, 0.6) is 5.75 Å². The average Bonchev–Trinajstić information content (AvgIpc) is 2.88. The van der Waals surface area contributed by atoms with Gasteiger partial charge in [0, 0.05) is 31.1 Å². The molecule has 1 saturated heterocycles. The number of rotatable bonds is 8. The molecule has 168 valence electrons. The van der Waals surface area contributed by atoms with Crippen molar-refractivity contribution in [3.05, 3.63) is 101 Å². The Morgan fingerprint density at radius 2 is 1.59 bits per heavy atom. The Morgan fingerprint density at radius 1 is 0.938 bits per heavy atom. The van der Waals surface area contributed by atoms with Crippen LogP contribution in [0.25, 0.3) is 0 Å². The van der Waals surface area contributed by atoms with Crippen LogP contribution in [0.15, 0.2) is 78.9 Å². The maximum absolute atomic E-state index is 12.7. The average molecular weight is 432 g/mol. The smallest absolute Gasteiger partial charge is 0.126 e. The third kappa shape index (κ3) is 4.58. The van der Waals surface area contributed by atoms with Crippen molar-refractivity contribution in [2.75, 3.05) is 40.0 Å². The van der Waals surface area contributed by atoms with Crippen LogP contribution in [-0.4, -0.2) is 50.0 Å². The molecule has 3 aromatic carbocycles. The second-order valence-electron chi connectivity index (χ2n) is 8.39. The summed E-state index contributed by atoms with van der Waals surface area (Å²) in [6, 6.07) is 26.6. The second kappa shape index (κ2) is 10.3. The van der Waals surface area contributed by atoms with Crippen LogP contribution >= 0.6 is 0 Å². The quantitative estimate of drug-likeness (QED) is 0.566. The maximum Gasteiger partial charge on any atom is 0.126 e. The van der Waals surface area contributed by atoms with Gasteiger partial charge < -0.3 is 14.6 Å². The summed E-state index contributed by atoms with van der Waals surface area (Å²) < 4.78 is 11.3. The first kappa shape index (κ1) is 22.5. The first-order valence-electron chi connectivity index (χ1n) is 11.5. The number of hydrogen-bond donors (Lipinski definition) is 1. The van der Waals surface area contributed by atoms with E-state index in [1.54, 1.807) is 7.11 Å². The van der Waals surface area contributed by atoms with E-state index in [0.29, 0.717) is 5.75 Å². The molecule has 0 radical (unpaired) electrons. The minimum atomic E-state index is -1.27. The summed E-state index contributed by atoms with van der Waals surface area (Å²) in [6.07, 6.45) is 0.962. The Labute approximate surface area is 191 Å². The van der Waals surface area contributed by atoms with E-state index in [-0.39, 0.29) is 5.92 Å². The van der Waals surface area contributed by atoms with E-state index < -0.39 is 5.60 Å². The van der Waals surface area contributed by atoms with Crippen molar-refractivity contribution in [3.63, 3.8) is 0 Å². The summed E-state index contributed by atoms with van der Waals surface area (Å²) in [5, 5.41) is 12.7. The van der Waals surface area contributed by atoms with Crippen LogP contribution < -0.4 is 4.74 Å².